The van der Waals surface area contributed by atoms with Gasteiger partial charge in [-0.05, 0) is 211 Å². The molecular formula is C114H149N7O4. The van der Waals surface area contributed by atoms with E-state index in [1.54, 1.807) is 0 Å². The van der Waals surface area contributed by atoms with Gasteiger partial charge in [0.05, 0.1) is 0 Å². The molecule has 0 amide bonds. The van der Waals surface area contributed by atoms with Crippen LogP contribution < -0.4 is 34.3 Å². The van der Waals surface area contributed by atoms with Crippen molar-refractivity contribution in [2.75, 3.05) is 129 Å². The Morgan fingerprint density at radius 3 is 0.440 bits per heavy atom. The highest BCUT2D eigenvalue weighted by atomic mass is 16.1. The Bertz CT molecular complexity index is 4330. The Labute approximate surface area is 756 Å². The van der Waals surface area contributed by atoms with Crippen molar-refractivity contribution in [1.29, 1.82) is 0 Å². The van der Waals surface area contributed by atoms with E-state index in [1.165, 1.54) is 172 Å². The molecular weight excluding hydrogens is 1530 g/mol. The monoisotopic (exact) mass is 1680 g/mol. The SMILES string of the molecule is C=Cc1ccc(/C=C/c2ccc(N(CCCC)CCCC)cc2)cc1.C=Cc1ccc(N(C)C)cc1.C=Cc1ccc(N(CCCC)CCCC)cc1.CCCCN(CCCC)c1ccc(/C=C/c2ccc(C=O)cc2)cc1.CCCCN(CCCC)c1ccc(C=O)cc1.CN(C)c1ccc(/C=C/c2ccc(C=O)cc2)cc1.CN(C)c1ccc(C=O)cc1. The third kappa shape index (κ3) is 43.2. The van der Waals surface area contributed by atoms with E-state index in [4.69, 9.17) is 0 Å². The van der Waals surface area contributed by atoms with Crippen LogP contribution in [0.15, 0.2) is 262 Å². The molecule has 11 nitrogen and oxygen atoms in total. The van der Waals surface area contributed by atoms with Crippen LogP contribution in [-0.2, 0) is 0 Å². The van der Waals surface area contributed by atoms with Crippen LogP contribution in [-0.4, -0.2) is 120 Å². The minimum Gasteiger partial charge on any atom is -0.378 e. The summed E-state index contributed by atoms with van der Waals surface area (Å²) in [6.07, 6.45) is 41.6. The number of carbonyl (C=O) groups is 4. The van der Waals surface area contributed by atoms with Crippen molar-refractivity contribution >= 4 is 120 Å². The van der Waals surface area contributed by atoms with Crippen molar-refractivity contribution in [3.8, 4) is 0 Å². The highest BCUT2D eigenvalue weighted by Crippen LogP contribution is 2.25. The summed E-state index contributed by atoms with van der Waals surface area (Å²) in [6, 6.07) is 82.0. The highest BCUT2D eigenvalue weighted by molar-refractivity contribution is 5.80. The van der Waals surface area contributed by atoms with Crippen molar-refractivity contribution in [3.05, 3.63) is 335 Å². The largest absolute Gasteiger partial charge is 0.378 e. The summed E-state index contributed by atoms with van der Waals surface area (Å²) in [6.45, 7) is 38.3. The number of hydrogen-bond donors (Lipinski definition) is 0. The summed E-state index contributed by atoms with van der Waals surface area (Å²) < 4.78 is 0. The normalized spacial score (nSPS) is 10.4. The van der Waals surface area contributed by atoms with Crippen molar-refractivity contribution < 1.29 is 19.2 Å². The second kappa shape index (κ2) is 64.7. The molecule has 0 atom stereocenters. The number of nitrogens with zero attached hydrogens (tertiary/aromatic N) is 7. The molecule has 0 unspecified atom stereocenters. The minimum absolute atomic E-state index is 0.701. The first-order valence-corrected chi connectivity index (χ1v) is 45.6. The third-order valence-corrected chi connectivity index (χ3v) is 21.0. The van der Waals surface area contributed by atoms with Crippen LogP contribution in [0, 0.1) is 0 Å². The Balaban J connectivity index is 0.000000311. The van der Waals surface area contributed by atoms with Crippen LogP contribution in [0.5, 0.6) is 0 Å². The number of rotatable bonds is 44. The number of aldehydes is 4. The van der Waals surface area contributed by atoms with Gasteiger partial charge in [-0.3, -0.25) is 19.2 Å². The molecule has 0 radical (unpaired) electrons. The minimum atomic E-state index is 0.701. The Morgan fingerprint density at radius 2 is 0.304 bits per heavy atom. The lowest BCUT2D eigenvalue weighted by atomic mass is 10.1. The lowest BCUT2D eigenvalue weighted by Crippen LogP contribution is -2.25. The maximum absolute atomic E-state index is 10.7. The first kappa shape index (κ1) is 105. The Hall–Kier alpha value is -12.1. The second-order valence-electron chi connectivity index (χ2n) is 31.7. The smallest absolute Gasteiger partial charge is 0.150 e. The fourth-order valence-electron chi connectivity index (χ4n) is 12.8. The molecule has 0 saturated heterocycles. The van der Waals surface area contributed by atoms with Gasteiger partial charge in [0.2, 0.25) is 0 Å². The summed E-state index contributed by atoms with van der Waals surface area (Å²) in [7, 11) is 12.1. The quantitative estimate of drug-likeness (QED) is 0.0270. The first-order chi connectivity index (χ1) is 60.8. The molecule has 0 saturated carbocycles. The van der Waals surface area contributed by atoms with Gasteiger partial charge in [0.1, 0.15) is 25.1 Å². The fourth-order valence-corrected chi connectivity index (χ4v) is 12.8. The zero-order chi connectivity index (χ0) is 91.0. The fraction of sp³-hybridized carbons (Fsp3) is 0.333. The molecule has 0 aliphatic carbocycles. The molecule has 10 aromatic carbocycles. The molecule has 10 rings (SSSR count). The van der Waals surface area contributed by atoms with Gasteiger partial charge in [0, 0.05) is 157 Å². The number of anilines is 7. The molecule has 0 spiro atoms. The van der Waals surface area contributed by atoms with Gasteiger partial charge in [0.25, 0.3) is 0 Å². The molecule has 0 heterocycles. The maximum Gasteiger partial charge on any atom is 0.150 e. The van der Waals surface area contributed by atoms with Crippen LogP contribution in [0.25, 0.3) is 54.7 Å². The summed E-state index contributed by atoms with van der Waals surface area (Å²) in [5.74, 6) is 0. The number of benzene rings is 10. The molecule has 0 fully saturated rings. The molecule has 0 aliphatic heterocycles. The van der Waals surface area contributed by atoms with Crippen LogP contribution >= 0.6 is 0 Å². The summed E-state index contributed by atoms with van der Waals surface area (Å²) in [5.41, 5.74) is 22.1. The number of unbranched alkanes of at least 4 members (excludes halogenated alkanes) is 8. The van der Waals surface area contributed by atoms with E-state index >= 15 is 0 Å². The van der Waals surface area contributed by atoms with E-state index < -0.39 is 0 Å². The van der Waals surface area contributed by atoms with Crippen LogP contribution in [0.3, 0.4) is 0 Å². The molecule has 11 heteroatoms. The van der Waals surface area contributed by atoms with Gasteiger partial charge >= 0.3 is 0 Å². The van der Waals surface area contributed by atoms with E-state index in [0.29, 0.717) is 11.1 Å². The Morgan fingerprint density at radius 1 is 0.184 bits per heavy atom. The molecule has 0 bridgehead atoms. The van der Waals surface area contributed by atoms with Crippen molar-refractivity contribution in [2.45, 2.75) is 158 Å². The van der Waals surface area contributed by atoms with E-state index in [0.717, 1.165) is 109 Å². The molecule has 0 aromatic heterocycles. The molecule has 664 valence electrons. The van der Waals surface area contributed by atoms with Gasteiger partial charge in [-0.25, -0.2) is 0 Å². The molecule has 10 aromatic rings. The predicted molar refractivity (Wildman–Crippen MR) is 554 cm³/mol. The van der Waals surface area contributed by atoms with Crippen LogP contribution in [0.4, 0.5) is 39.8 Å². The Kier molecular flexibility index (Phi) is 54.5. The van der Waals surface area contributed by atoms with Crippen molar-refractivity contribution in [2.24, 2.45) is 0 Å². The number of hydrogen-bond acceptors (Lipinski definition) is 11. The third-order valence-electron chi connectivity index (χ3n) is 21.0. The van der Waals surface area contributed by atoms with Crippen LogP contribution in [0.2, 0.25) is 0 Å². The van der Waals surface area contributed by atoms with Crippen molar-refractivity contribution in [1.82, 2.24) is 0 Å². The van der Waals surface area contributed by atoms with Crippen molar-refractivity contribution in [3.63, 3.8) is 0 Å². The second-order valence-corrected chi connectivity index (χ2v) is 31.7. The summed E-state index contributed by atoms with van der Waals surface area (Å²) >= 11 is 0. The van der Waals surface area contributed by atoms with E-state index in [1.807, 2.05) is 156 Å². The van der Waals surface area contributed by atoms with E-state index in [2.05, 4.69) is 293 Å². The standard InChI is InChI=1S/C24H31N.C23H29NO.C17H17NO.C16H25N.C15H23NO.C10H13N.C9H11NO/c1-4-7-19-25(20-8-5-2)24-17-15-23(16-18-24)14-13-22-11-9-21(6-3)10-12-22;1-3-5-17-24(18-6-4-2)23-15-13-21(14-16-23)8-7-20-9-11-22(19-25)12-10-20;1-18(2)17-11-9-15(10-12-17)4-3-14-5-7-16(13-19)8-6-14;1-4-7-13-17(14-8-5-2)16-11-9-15(6-3)10-12-16;1-3-5-11-16(12-6-4-2)15-9-7-14(13-17)8-10-15;1-4-9-5-7-10(8-6-9)11(2)3;1-10(2)9-5-3-8(7-11)4-6-9/h6,9-18H,3-5,7-8,19-20H2,1-2H3;7-16,19H,3-6,17-18H2,1-2H3;3-13H,1-2H3;6,9-12H,3-5,7-8,13-14H2,1-2H3;7-10,13H,3-6,11-12H2,1-2H3;4-8H,1H2,2-3H3;3-7H,1-2H3/b14-13+;8-7+;4-3+;;;;. The molecule has 125 heavy (non-hydrogen) atoms. The average molecular weight is 1680 g/mol. The first-order valence-electron chi connectivity index (χ1n) is 45.6. The number of carbonyl (C=O) groups excluding carboxylic acids is 4. The topological polar surface area (TPSA) is 91.0 Å². The molecule has 0 aliphatic rings. The lowest BCUT2D eigenvalue weighted by Gasteiger charge is -2.24. The summed E-state index contributed by atoms with van der Waals surface area (Å²) in [5, 5.41) is 0. The lowest BCUT2D eigenvalue weighted by molar-refractivity contribution is 0.111. The maximum atomic E-state index is 10.7. The highest BCUT2D eigenvalue weighted by Gasteiger charge is 2.11. The zero-order valence-corrected chi connectivity index (χ0v) is 78.5. The average Bonchev–Trinajstić information content (AvgIpc) is 0.904. The predicted octanol–water partition coefficient (Wildman–Crippen LogP) is 29.3. The van der Waals surface area contributed by atoms with Crippen LogP contribution in [0.1, 0.15) is 250 Å². The van der Waals surface area contributed by atoms with Gasteiger partial charge in [0.15, 0.2) is 0 Å². The van der Waals surface area contributed by atoms with Gasteiger partial charge in [-0.1, -0.05) is 315 Å². The zero-order valence-electron chi connectivity index (χ0n) is 78.5. The molecule has 0 N–H and O–H groups in total. The van der Waals surface area contributed by atoms with Gasteiger partial charge < -0.3 is 34.3 Å². The van der Waals surface area contributed by atoms with E-state index in [-0.39, 0.29) is 0 Å². The summed E-state index contributed by atoms with van der Waals surface area (Å²) in [4.78, 5) is 58.2. The van der Waals surface area contributed by atoms with E-state index in [9.17, 15) is 19.2 Å². The van der Waals surface area contributed by atoms with Gasteiger partial charge in [-0.2, -0.15) is 0 Å². The van der Waals surface area contributed by atoms with Gasteiger partial charge in [-0.15, -0.1) is 0 Å².